The van der Waals surface area contributed by atoms with Gasteiger partial charge in [0.25, 0.3) is 0 Å². The summed E-state index contributed by atoms with van der Waals surface area (Å²) in [5.74, 6) is 1.82. The topological polar surface area (TPSA) is 67.2 Å². The number of nitrogens with zero attached hydrogens (tertiary/aromatic N) is 4. The number of hydrogen-bond donors (Lipinski definition) is 2. The number of hydrogen-bond acceptors (Lipinski definition) is 6. The number of ether oxygens (including phenoxy) is 1. The van der Waals surface area contributed by atoms with Crippen LogP contribution in [0.3, 0.4) is 0 Å². The molecule has 5 rings (SSSR count). The predicted octanol–water partition coefficient (Wildman–Crippen LogP) is 4.30. The van der Waals surface area contributed by atoms with E-state index < -0.39 is 0 Å². The van der Waals surface area contributed by atoms with Crippen molar-refractivity contribution >= 4 is 16.9 Å². The fourth-order valence-corrected chi connectivity index (χ4v) is 5.71. The molecule has 2 fully saturated rings. The van der Waals surface area contributed by atoms with Gasteiger partial charge in [0, 0.05) is 43.6 Å². The van der Waals surface area contributed by atoms with Gasteiger partial charge >= 0.3 is 0 Å². The summed E-state index contributed by atoms with van der Waals surface area (Å²) in [6.07, 6.45) is 5.11. The molecule has 36 heavy (non-hydrogen) atoms. The van der Waals surface area contributed by atoms with Crippen molar-refractivity contribution in [2.24, 2.45) is 5.92 Å². The molecule has 0 amide bonds. The van der Waals surface area contributed by atoms with E-state index >= 15 is 0 Å². The molecule has 2 aromatic heterocycles. The molecule has 3 aromatic rings. The molecule has 0 bridgehead atoms. The number of aryl methyl sites for hydroxylation is 3. The van der Waals surface area contributed by atoms with Gasteiger partial charge in [-0.15, -0.1) is 0 Å². The van der Waals surface area contributed by atoms with Gasteiger partial charge in [0.2, 0.25) is 0 Å². The zero-order valence-electron chi connectivity index (χ0n) is 22.2. The van der Waals surface area contributed by atoms with Crippen molar-refractivity contribution in [3.8, 4) is 0 Å². The number of fused-ring (bicyclic) bond motifs is 1. The quantitative estimate of drug-likeness (QED) is 0.436. The Morgan fingerprint density at radius 3 is 2.47 bits per heavy atom. The summed E-state index contributed by atoms with van der Waals surface area (Å²) in [5, 5.41) is 7.48. The number of benzene rings is 1. The summed E-state index contributed by atoms with van der Waals surface area (Å²) in [7, 11) is 0. The van der Waals surface area contributed by atoms with Crippen LogP contribution in [-0.2, 0) is 11.3 Å². The van der Waals surface area contributed by atoms with E-state index in [-0.39, 0.29) is 0 Å². The van der Waals surface area contributed by atoms with Gasteiger partial charge in [-0.2, -0.15) is 0 Å². The molecule has 0 unspecified atom stereocenters. The van der Waals surface area contributed by atoms with Crippen LogP contribution in [0.4, 0.5) is 5.69 Å². The van der Waals surface area contributed by atoms with Crippen molar-refractivity contribution in [1.29, 1.82) is 0 Å². The van der Waals surface area contributed by atoms with Gasteiger partial charge in [0.15, 0.2) is 5.65 Å². The Bertz CT molecular complexity index is 1130. The first kappa shape index (κ1) is 25.2. The Kier molecular flexibility index (Phi) is 8.19. The van der Waals surface area contributed by atoms with Crippen LogP contribution >= 0.6 is 0 Å². The fraction of sp³-hybridized carbons (Fsp3) is 0.586. The van der Waals surface area contributed by atoms with Gasteiger partial charge in [0.05, 0.1) is 19.8 Å². The first-order valence-electron chi connectivity index (χ1n) is 13.7. The molecular formula is C29H42N6O. The van der Waals surface area contributed by atoms with Crippen molar-refractivity contribution in [1.82, 2.24) is 24.8 Å². The number of nitrogens with one attached hydrogen (secondary N) is 2. The molecular weight excluding hydrogens is 448 g/mol. The molecule has 0 spiro atoms. The van der Waals surface area contributed by atoms with Crippen molar-refractivity contribution < 1.29 is 4.74 Å². The second-order valence-electron chi connectivity index (χ2n) is 10.7. The lowest BCUT2D eigenvalue weighted by Crippen LogP contribution is -2.41. The first-order valence-corrected chi connectivity index (χ1v) is 13.7. The lowest BCUT2D eigenvalue weighted by Gasteiger charge is -2.30. The minimum atomic E-state index is 0.579. The summed E-state index contributed by atoms with van der Waals surface area (Å²) in [4.78, 5) is 12.0. The molecule has 1 aliphatic carbocycles. The maximum Gasteiger partial charge on any atom is 0.160 e. The molecule has 1 saturated carbocycles. The van der Waals surface area contributed by atoms with E-state index in [9.17, 15) is 0 Å². The van der Waals surface area contributed by atoms with Crippen molar-refractivity contribution in [2.75, 3.05) is 51.3 Å². The van der Waals surface area contributed by atoms with E-state index in [1.54, 1.807) is 0 Å². The first-order chi connectivity index (χ1) is 17.5. The second kappa shape index (κ2) is 11.7. The van der Waals surface area contributed by atoms with Gasteiger partial charge < -0.3 is 19.9 Å². The van der Waals surface area contributed by atoms with E-state index in [4.69, 9.17) is 14.7 Å². The van der Waals surface area contributed by atoms with E-state index in [2.05, 4.69) is 71.2 Å². The van der Waals surface area contributed by atoms with Gasteiger partial charge in [-0.3, -0.25) is 4.90 Å². The number of anilines is 1. The number of imidazole rings is 1. The predicted molar refractivity (Wildman–Crippen MR) is 147 cm³/mol. The summed E-state index contributed by atoms with van der Waals surface area (Å²) in [5.41, 5.74) is 6.73. The maximum absolute atomic E-state index is 5.43. The molecule has 1 aromatic carbocycles. The molecule has 0 radical (unpaired) electrons. The number of aromatic nitrogens is 3. The minimum absolute atomic E-state index is 0.579. The minimum Gasteiger partial charge on any atom is -0.382 e. The third-order valence-electron chi connectivity index (χ3n) is 7.87. The average Bonchev–Trinajstić information content (AvgIpc) is 3.20. The number of pyridine rings is 1. The van der Waals surface area contributed by atoms with E-state index in [0.717, 1.165) is 81.1 Å². The highest BCUT2D eigenvalue weighted by Gasteiger charge is 2.21. The molecule has 7 nitrogen and oxygen atoms in total. The average molecular weight is 491 g/mol. The largest absolute Gasteiger partial charge is 0.382 e. The molecule has 1 aliphatic heterocycles. The third kappa shape index (κ3) is 6.25. The Labute approximate surface area is 215 Å². The molecule has 2 aliphatic rings. The van der Waals surface area contributed by atoms with E-state index in [1.807, 2.05) is 0 Å². The monoisotopic (exact) mass is 490 g/mol. The van der Waals surface area contributed by atoms with Crippen LogP contribution in [-0.4, -0.2) is 71.4 Å². The molecule has 194 valence electrons. The normalized spacial score (nSPS) is 21.2. The van der Waals surface area contributed by atoms with Crippen LogP contribution in [0.5, 0.6) is 0 Å². The van der Waals surface area contributed by atoms with E-state index in [1.165, 1.54) is 42.5 Å². The summed E-state index contributed by atoms with van der Waals surface area (Å²) >= 11 is 0. The second-order valence-corrected chi connectivity index (χ2v) is 10.7. The molecule has 2 N–H and O–H groups in total. The zero-order valence-corrected chi connectivity index (χ0v) is 22.2. The Balaban J connectivity index is 1.07. The van der Waals surface area contributed by atoms with Gasteiger partial charge in [-0.05, 0) is 88.2 Å². The Morgan fingerprint density at radius 2 is 1.72 bits per heavy atom. The van der Waals surface area contributed by atoms with E-state index in [0.29, 0.717) is 6.04 Å². The Hall–Kier alpha value is -2.48. The molecule has 0 atom stereocenters. The van der Waals surface area contributed by atoms with Crippen LogP contribution in [0.1, 0.15) is 48.3 Å². The van der Waals surface area contributed by atoms with Crippen molar-refractivity contribution in [3.05, 3.63) is 53.0 Å². The SMILES string of the molecule is Cc1cc(C)c2nc(C)n(Cc3ccc(N[C@H]4CC[C@H](CNCCN5CCOCC5)CC4)cc3)c2n1. The highest BCUT2D eigenvalue weighted by molar-refractivity contribution is 5.76. The van der Waals surface area contributed by atoms with Crippen LogP contribution < -0.4 is 10.6 Å². The standard InChI is InChI=1S/C29H42N6O/c1-21-18-22(2)31-29-28(21)32-23(3)35(29)20-25-6-10-27(11-7-25)33-26-8-4-24(5-9-26)19-30-12-13-34-14-16-36-17-15-34/h6-7,10-11,18,24,26,30,33H,4-5,8-9,12-17,19-20H2,1-3H3/t24-,26-. The van der Waals surface area contributed by atoms with Crippen LogP contribution in [0, 0.1) is 26.7 Å². The Morgan fingerprint density at radius 1 is 0.972 bits per heavy atom. The smallest absolute Gasteiger partial charge is 0.160 e. The number of rotatable bonds is 9. The fourth-order valence-electron chi connectivity index (χ4n) is 5.71. The lowest BCUT2D eigenvalue weighted by molar-refractivity contribution is 0.0383. The van der Waals surface area contributed by atoms with Gasteiger partial charge in [-0.1, -0.05) is 12.1 Å². The molecule has 7 heteroatoms. The van der Waals surface area contributed by atoms with Crippen LogP contribution in [0.15, 0.2) is 30.3 Å². The maximum atomic E-state index is 5.43. The van der Waals surface area contributed by atoms with Gasteiger partial charge in [0.1, 0.15) is 11.3 Å². The van der Waals surface area contributed by atoms with Crippen molar-refractivity contribution in [3.63, 3.8) is 0 Å². The summed E-state index contributed by atoms with van der Waals surface area (Å²) in [6, 6.07) is 11.6. The molecule has 1 saturated heterocycles. The van der Waals surface area contributed by atoms with Crippen LogP contribution in [0.2, 0.25) is 0 Å². The number of morpholine rings is 1. The highest BCUT2D eigenvalue weighted by Crippen LogP contribution is 2.27. The third-order valence-corrected chi connectivity index (χ3v) is 7.87. The zero-order chi connectivity index (χ0) is 24.9. The highest BCUT2D eigenvalue weighted by atomic mass is 16.5. The van der Waals surface area contributed by atoms with Crippen molar-refractivity contribution in [2.45, 2.75) is 59.0 Å². The van der Waals surface area contributed by atoms with Crippen LogP contribution in [0.25, 0.3) is 11.2 Å². The summed E-state index contributed by atoms with van der Waals surface area (Å²) in [6.45, 7) is 14.4. The summed E-state index contributed by atoms with van der Waals surface area (Å²) < 4.78 is 7.66. The molecule has 3 heterocycles. The lowest BCUT2D eigenvalue weighted by atomic mass is 9.86. The van der Waals surface area contributed by atoms with Gasteiger partial charge in [-0.25, -0.2) is 9.97 Å².